The highest BCUT2D eigenvalue weighted by Crippen LogP contribution is 2.23. The van der Waals surface area contributed by atoms with Gasteiger partial charge in [0.15, 0.2) is 0 Å². The molecule has 5 nitrogen and oxygen atoms in total. The van der Waals surface area contributed by atoms with Crippen molar-refractivity contribution in [1.82, 2.24) is 4.90 Å². The Balaban J connectivity index is 2.06. The fourth-order valence-corrected chi connectivity index (χ4v) is 2.36. The molecule has 3 amide bonds. The van der Waals surface area contributed by atoms with Crippen LogP contribution >= 0.6 is 23.2 Å². The number of anilines is 1. The number of hydrogen-bond donors (Lipinski definition) is 2. The summed E-state index contributed by atoms with van der Waals surface area (Å²) in [7, 11) is 1.69. The Morgan fingerprint density at radius 2 is 1.74 bits per heavy atom. The number of benzene rings is 2. The topological polar surface area (TPSA) is 75.4 Å². The number of halogens is 2. The largest absolute Gasteiger partial charge is 0.351 e. The Morgan fingerprint density at radius 1 is 1.09 bits per heavy atom. The van der Waals surface area contributed by atoms with Crippen molar-refractivity contribution in [1.29, 1.82) is 0 Å². The minimum Gasteiger partial charge on any atom is -0.351 e. The van der Waals surface area contributed by atoms with E-state index in [0.717, 1.165) is 5.56 Å². The van der Waals surface area contributed by atoms with Crippen LogP contribution in [0.4, 0.5) is 10.5 Å². The van der Waals surface area contributed by atoms with Gasteiger partial charge < -0.3 is 16.0 Å². The Kier molecular flexibility index (Phi) is 5.47. The van der Waals surface area contributed by atoms with Crippen molar-refractivity contribution >= 4 is 40.8 Å². The maximum atomic E-state index is 12.4. The van der Waals surface area contributed by atoms with Crippen LogP contribution in [0.3, 0.4) is 0 Å². The molecule has 23 heavy (non-hydrogen) atoms. The van der Waals surface area contributed by atoms with Crippen molar-refractivity contribution in [3.8, 4) is 0 Å². The standard InChI is InChI=1S/C16H15Cl2N3O2/c1-21(9-10-2-7-13(17)14(18)8-10)15(22)11-3-5-12(6-4-11)20-16(19)23/h2-8H,9H2,1H3,(H3,19,20,23). The third-order valence-corrected chi connectivity index (χ3v) is 3.89. The maximum absolute atomic E-state index is 12.4. The van der Waals surface area contributed by atoms with E-state index in [-0.39, 0.29) is 5.91 Å². The van der Waals surface area contributed by atoms with Crippen LogP contribution in [-0.2, 0) is 6.54 Å². The van der Waals surface area contributed by atoms with E-state index in [1.807, 2.05) is 6.07 Å². The lowest BCUT2D eigenvalue weighted by Crippen LogP contribution is -2.26. The predicted molar refractivity (Wildman–Crippen MR) is 91.9 cm³/mol. The fraction of sp³-hybridized carbons (Fsp3) is 0.125. The van der Waals surface area contributed by atoms with Gasteiger partial charge in [-0.25, -0.2) is 4.79 Å². The first-order valence-electron chi connectivity index (χ1n) is 6.72. The number of hydrogen-bond acceptors (Lipinski definition) is 2. The van der Waals surface area contributed by atoms with Gasteiger partial charge in [0.2, 0.25) is 0 Å². The lowest BCUT2D eigenvalue weighted by atomic mass is 10.1. The van der Waals surface area contributed by atoms with Crippen molar-refractivity contribution < 1.29 is 9.59 Å². The van der Waals surface area contributed by atoms with Crippen LogP contribution in [0.5, 0.6) is 0 Å². The molecular formula is C16H15Cl2N3O2. The van der Waals surface area contributed by atoms with Crippen LogP contribution in [0.1, 0.15) is 15.9 Å². The van der Waals surface area contributed by atoms with E-state index < -0.39 is 6.03 Å². The summed E-state index contributed by atoms with van der Waals surface area (Å²) >= 11 is 11.8. The van der Waals surface area contributed by atoms with E-state index in [9.17, 15) is 9.59 Å². The predicted octanol–water partition coefficient (Wildman–Crippen LogP) is 3.76. The minimum absolute atomic E-state index is 0.151. The molecule has 3 N–H and O–H groups in total. The summed E-state index contributed by atoms with van der Waals surface area (Å²) < 4.78 is 0. The molecule has 7 heteroatoms. The van der Waals surface area contributed by atoms with Crippen molar-refractivity contribution in [2.75, 3.05) is 12.4 Å². The van der Waals surface area contributed by atoms with Crippen LogP contribution in [0.15, 0.2) is 42.5 Å². The lowest BCUT2D eigenvalue weighted by Gasteiger charge is -2.18. The molecule has 0 saturated carbocycles. The van der Waals surface area contributed by atoms with Crippen LogP contribution < -0.4 is 11.1 Å². The van der Waals surface area contributed by atoms with Crippen molar-refractivity contribution in [3.05, 3.63) is 63.6 Å². The summed E-state index contributed by atoms with van der Waals surface area (Å²) in [5, 5.41) is 3.36. The SMILES string of the molecule is CN(Cc1ccc(Cl)c(Cl)c1)C(=O)c1ccc(NC(N)=O)cc1. The second kappa shape index (κ2) is 7.35. The molecule has 0 aliphatic heterocycles. The van der Waals surface area contributed by atoms with Crippen LogP contribution in [0, 0.1) is 0 Å². The van der Waals surface area contributed by atoms with E-state index >= 15 is 0 Å². The highest BCUT2D eigenvalue weighted by atomic mass is 35.5. The number of carbonyl (C=O) groups excluding carboxylic acids is 2. The van der Waals surface area contributed by atoms with E-state index in [1.165, 1.54) is 0 Å². The van der Waals surface area contributed by atoms with Gasteiger partial charge in [0, 0.05) is 24.8 Å². The number of urea groups is 1. The molecule has 0 aliphatic carbocycles. The molecule has 0 unspecified atom stereocenters. The molecule has 0 saturated heterocycles. The maximum Gasteiger partial charge on any atom is 0.316 e. The van der Waals surface area contributed by atoms with Gasteiger partial charge in [0.05, 0.1) is 10.0 Å². The van der Waals surface area contributed by atoms with E-state index in [2.05, 4.69) is 5.32 Å². The number of nitrogens with one attached hydrogen (secondary N) is 1. The molecule has 0 atom stereocenters. The molecule has 0 aliphatic rings. The van der Waals surface area contributed by atoms with Gasteiger partial charge in [-0.3, -0.25) is 4.79 Å². The first-order valence-corrected chi connectivity index (χ1v) is 7.48. The van der Waals surface area contributed by atoms with Gasteiger partial charge in [0.1, 0.15) is 0 Å². The number of rotatable bonds is 4. The van der Waals surface area contributed by atoms with Crippen molar-refractivity contribution in [2.45, 2.75) is 6.54 Å². The molecule has 2 aromatic rings. The van der Waals surface area contributed by atoms with Crippen molar-refractivity contribution in [3.63, 3.8) is 0 Å². The molecule has 0 radical (unpaired) electrons. The van der Waals surface area contributed by atoms with Crippen LogP contribution in [0.2, 0.25) is 10.0 Å². The lowest BCUT2D eigenvalue weighted by molar-refractivity contribution is 0.0785. The minimum atomic E-state index is -0.652. The first-order chi connectivity index (χ1) is 10.9. The zero-order valence-electron chi connectivity index (χ0n) is 12.3. The van der Waals surface area contributed by atoms with Crippen molar-refractivity contribution in [2.24, 2.45) is 5.73 Å². The number of primary amides is 1. The van der Waals surface area contributed by atoms with Gasteiger partial charge in [-0.2, -0.15) is 0 Å². The number of carbonyl (C=O) groups is 2. The molecule has 2 aromatic carbocycles. The Morgan fingerprint density at radius 3 is 2.30 bits per heavy atom. The number of nitrogens with two attached hydrogens (primary N) is 1. The summed E-state index contributed by atoms with van der Waals surface area (Å²) in [6, 6.07) is 11.1. The third-order valence-electron chi connectivity index (χ3n) is 3.15. The van der Waals surface area contributed by atoms with Gasteiger partial charge in [0.25, 0.3) is 5.91 Å². The van der Waals surface area contributed by atoms with Gasteiger partial charge >= 0.3 is 6.03 Å². The Hall–Kier alpha value is -2.24. The quantitative estimate of drug-likeness (QED) is 0.879. The highest BCUT2D eigenvalue weighted by molar-refractivity contribution is 6.42. The zero-order valence-corrected chi connectivity index (χ0v) is 13.9. The van der Waals surface area contributed by atoms with Gasteiger partial charge in [-0.05, 0) is 42.0 Å². The summed E-state index contributed by atoms with van der Waals surface area (Å²) in [5.41, 5.74) is 6.94. The number of nitrogens with zero attached hydrogens (tertiary/aromatic N) is 1. The summed E-state index contributed by atoms with van der Waals surface area (Å²) in [6.07, 6.45) is 0. The first kappa shape index (κ1) is 17.1. The van der Waals surface area contributed by atoms with Gasteiger partial charge in [-0.1, -0.05) is 29.3 Å². The number of amides is 3. The second-order valence-corrected chi connectivity index (χ2v) is 5.79. The molecule has 0 fully saturated rings. The second-order valence-electron chi connectivity index (χ2n) is 4.98. The molecule has 120 valence electrons. The Labute approximate surface area is 144 Å². The average Bonchev–Trinajstić information content (AvgIpc) is 2.50. The molecule has 0 bridgehead atoms. The normalized spacial score (nSPS) is 10.2. The fourth-order valence-electron chi connectivity index (χ4n) is 2.04. The van der Waals surface area contributed by atoms with Crippen LogP contribution in [0.25, 0.3) is 0 Å². The monoisotopic (exact) mass is 351 g/mol. The summed E-state index contributed by atoms with van der Waals surface area (Å²) in [4.78, 5) is 24.7. The Bertz CT molecular complexity index is 733. The van der Waals surface area contributed by atoms with Gasteiger partial charge in [-0.15, -0.1) is 0 Å². The average molecular weight is 352 g/mol. The smallest absolute Gasteiger partial charge is 0.316 e. The molecule has 0 aromatic heterocycles. The molecule has 0 spiro atoms. The van der Waals surface area contributed by atoms with Crippen LogP contribution in [-0.4, -0.2) is 23.9 Å². The third kappa shape index (κ3) is 4.61. The molecule has 0 heterocycles. The molecular weight excluding hydrogens is 337 g/mol. The summed E-state index contributed by atoms with van der Waals surface area (Å²) in [6.45, 7) is 0.400. The van der Waals surface area contributed by atoms with E-state index in [1.54, 1.807) is 48.3 Å². The highest BCUT2D eigenvalue weighted by Gasteiger charge is 2.12. The van der Waals surface area contributed by atoms with E-state index in [4.69, 9.17) is 28.9 Å². The molecule has 2 rings (SSSR count). The van der Waals surface area contributed by atoms with E-state index in [0.29, 0.717) is 27.8 Å². The summed E-state index contributed by atoms with van der Waals surface area (Å²) in [5.74, 6) is -0.151. The zero-order chi connectivity index (χ0) is 17.0.